The summed E-state index contributed by atoms with van der Waals surface area (Å²) < 4.78 is 28.1. The van der Waals surface area contributed by atoms with Crippen LogP contribution >= 0.6 is 70.4 Å². The van der Waals surface area contributed by atoms with Crippen LogP contribution in [0.15, 0.2) is 181 Å². The van der Waals surface area contributed by atoms with E-state index >= 15 is 0 Å². The van der Waals surface area contributed by atoms with Crippen molar-refractivity contribution < 1.29 is 58.2 Å². The molecule has 2 heterocycles. The molecule has 1 amide bonds. The van der Waals surface area contributed by atoms with E-state index in [0.717, 1.165) is 99.0 Å². The summed E-state index contributed by atoms with van der Waals surface area (Å²) >= 11 is 12.0. The fourth-order valence-corrected chi connectivity index (χ4v) is 11.2. The second-order valence-electron chi connectivity index (χ2n) is 25.7. The number of hydrogen-bond acceptors (Lipinski definition) is 13. The Morgan fingerprint density at radius 3 is 1.03 bits per heavy atom. The predicted octanol–water partition coefficient (Wildman–Crippen LogP) is 19.4. The van der Waals surface area contributed by atoms with E-state index in [1.165, 1.54) is 29.4 Å². The molecule has 22 heteroatoms. The number of aliphatic carboxylic acids is 1. The highest BCUT2D eigenvalue weighted by Gasteiger charge is 2.15. The number of aliphatic hydroxyl groups is 1. The van der Waals surface area contributed by atoms with Crippen molar-refractivity contribution in [3.63, 3.8) is 0 Å². The molecule has 0 radical (unpaired) electrons. The third kappa shape index (κ3) is 39.7. The highest BCUT2D eigenvalue weighted by Crippen LogP contribution is 2.26. The average molecular weight is 1780 g/mol. The van der Waals surface area contributed by atoms with Crippen molar-refractivity contribution >= 4 is 94.2 Å². The van der Waals surface area contributed by atoms with Gasteiger partial charge in [-0.15, -0.1) is 0 Å². The number of ether oxygens (including phenoxy) is 5. The van der Waals surface area contributed by atoms with Gasteiger partial charge in [0.15, 0.2) is 0 Å². The lowest BCUT2D eigenvalue weighted by atomic mass is 9.97. The van der Waals surface area contributed by atoms with Crippen LogP contribution in [-0.4, -0.2) is 118 Å². The standard InChI is InChI=1S/C20H26N2O3.C13H18O3.C12H16O3.C11H15BrO.C10H11BrO2.C10H13BrO.C8H12N2O.CH2I/c1-13(9-10-25-4)16-5-7-17(8-6-16)19(23)21-12-18-14(2)11-15(3)22-20(18)24;1-10(8-9-15-2)11-4-6-12(7-5-11)13(14)16-3;1-9(7-8-15-2)10-3-5-11(6-4-10)12(13)14;1-9(7-8-13-2)10-3-5-11(12)6-4-10;1-7(6-10(12)13)8-2-4-9(11)5-3-8;1-8(6-7-12)9-2-4-10(11)5-3-9;1-5-3-6(2)10-8(11)7(5)4-9;1-2/h5-8,11,13H,9-10,12H2,1-4H3,(H,21,23)(H,22,24);4-7,10H,8-9H2,1-3H3;3-6,9H,7-8H2,1-2H3,(H,13,14);3-6,9H,7-8H2,1-2H3;2-5,7H,6H2,1H3,(H,12,13);2-5,8,12H,6-7H2,1H3;3H,4,9H2,1-2H3,(H,10,11);1H2/q;;;;;;;+1. The smallest absolute Gasteiger partial charge is 0.337 e. The number of pyridine rings is 2. The number of aryl methyl sites for hydroxylation is 4. The molecule has 2 aromatic heterocycles. The summed E-state index contributed by atoms with van der Waals surface area (Å²) in [5.74, 6) is 0.195. The number of carboxylic acids is 2. The molecule has 0 saturated carbocycles. The van der Waals surface area contributed by atoms with Crippen LogP contribution in [0.5, 0.6) is 0 Å². The van der Waals surface area contributed by atoms with Crippen molar-refractivity contribution in [2.24, 2.45) is 5.73 Å². The lowest BCUT2D eigenvalue weighted by molar-refractivity contribution is -0.137. The van der Waals surface area contributed by atoms with Crippen LogP contribution in [0.4, 0.5) is 0 Å². The molecule has 0 spiro atoms. The largest absolute Gasteiger partial charge is 0.481 e. The zero-order valence-corrected chi connectivity index (χ0v) is 71.7. The van der Waals surface area contributed by atoms with Gasteiger partial charge in [0, 0.05) is 116 Å². The summed E-state index contributed by atoms with van der Waals surface area (Å²) in [6.45, 7) is 23.9. The molecule has 107 heavy (non-hydrogen) atoms. The van der Waals surface area contributed by atoms with Gasteiger partial charge < -0.3 is 60.0 Å². The Hall–Kier alpha value is -7.10. The number of aromatic nitrogens is 2. The van der Waals surface area contributed by atoms with E-state index in [1.807, 2.05) is 154 Å². The number of carboxylic acid groups (broad SMARTS) is 2. The summed E-state index contributed by atoms with van der Waals surface area (Å²) in [6, 6.07) is 50.4. The number of hydrogen-bond donors (Lipinski definition) is 7. The van der Waals surface area contributed by atoms with Gasteiger partial charge in [-0.1, -0.05) is 162 Å². The number of halogens is 4. The van der Waals surface area contributed by atoms with Gasteiger partial charge in [0.2, 0.25) is 22.6 Å². The first-order chi connectivity index (χ1) is 51.0. The number of methoxy groups -OCH3 is 5. The van der Waals surface area contributed by atoms with Crippen LogP contribution in [-0.2, 0) is 41.6 Å². The number of rotatable bonds is 28. The van der Waals surface area contributed by atoms with E-state index in [-0.39, 0.29) is 48.5 Å². The molecule has 584 valence electrons. The Labute approximate surface area is 673 Å². The predicted molar refractivity (Wildman–Crippen MR) is 452 cm³/mol. The van der Waals surface area contributed by atoms with Crippen LogP contribution in [0.2, 0.25) is 0 Å². The number of aromatic amines is 2. The Morgan fingerprint density at radius 2 is 0.748 bits per heavy atom. The molecule has 8 rings (SSSR count). The second-order valence-corrected chi connectivity index (χ2v) is 28.5. The van der Waals surface area contributed by atoms with Crippen molar-refractivity contribution in [1.29, 1.82) is 0 Å². The number of benzene rings is 6. The number of H-pyrrole nitrogens is 2. The van der Waals surface area contributed by atoms with Crippen molar-refractivity contribution in [3.05, 3.63) is 280 Å². The number of carbonyl (C=O) groups is 4. The first-order valence-electron chi connectivity index (χ1n) is 35.3. The number of nitrogens with two attached hydrogens (primary N) is 1. The Bertz CT molecular complexity index is 3920. The van der Waals surface area contributed by atoms with Gasteiger partial charge in [-0.2, -0.15) is 0 Å². The minimum Gasteiger partial charge on any atom is -0.481 e. The van der Waals surface area contributed by atoms with Crippen LogP contribution in [0.3, 0.4) is 0 Å². The maximum atomic E-state index is 12.3. The molecular formula is C85H113Br3IN4O14+. The summed E-state index contributed by atoms with van der Waals surface area (Å²) in [5, 5.41) is 28.9. The molecule has 18 nitrogen and oxygen atoms in total. The van der Waals surface area contributed by atoms with E-state index in [2.05, 4.69) is 144 Å². The molecule has 0 aliphatic heterocycles. The molecule has 6 atom stereocenters. The molecule has 0 fully saturated rings. The number of aromatic carboxylic acids is 1. The van der Waals surface area contributed by atoms with Gasteiger partial charge in [0.1, 0.15) is 4.93 Å². The molecule has 6 aromatic carbocycles. The summed E-state index contributed by atoms with van der Waals surface area (Å²) in [4.78, 5) is 76.4. The Kier molecular flexibility index (Phi) is 51.4. The zero-order valence-electron chi connectivity index (χ0n) is 64.8. The minimum atomic E-state index is -0.883. The summed E-state index contributed by atoms with van der Waals surface area (Å²) in [6.07, 6.45) is 4.97. The van der Waals surface area contributed by atoms with Crippen molar-refractivity contribution in [2.75, 3.05) is 68.6 Å². The van der Waals surface area contributed by atoms with Crippen molar-refractivity contribution in [3.8, 4) is 0 Å². The minimum absolute atomic E-state index is 0.0648. The number of carbonyl (C=O) groups excluding carboxylic acids is 2. The quantitative estimate of drug-likeness (QED) is 0.0136. The highest BCUT2D eigenvalue weighted by atomic mass is 127. The fraction of sp³-hybridized carbons (Fsp3) is 0.400. The SMILES string of the molecule is CC(CC(=O)O)c1ccc(Br)cc1.CC(CCO)c1ccc(Br)cc1.COCCC(C)c1ccc(Br)cc1.COCCC(C)c1ccc(C(=O)NCc2c(C)cc(C)[nH]c2=O)cc1.COCCC(C)c1ccc(C(=O)O)cc1.COCCC(C)c1ccc(C(=O)OC)cc1.Cc1cc(C)c(CN)c(=O)[nH]1.[CH2+]I. The number of aliphatic hydroxyl groups excluding tert-OH is 1. The Balaban J connectivity index is 0.000000633. The summed E-state index contributed by atoms with van der Waals surface area (Å²) in [5.41, 5.74) is 18.7. The Morgan fingerprint density at radius 1 is 0.458 bits per heavy atom. The lowest BCUT2D eigenvalue weighted by Gasteiger charge is -2.12. The molecule has 0 bridgehead atoms. The third-order valence-corrected chi connectivity index (χ3v) is 19.0. The molecular weight excluding hydrogens is 1670 g/mol. The van der Waals surface area contributed by atoms with Gasteiger partial charge in [0.05, 0.1) is 24.7 Å². The average Bonchev–Trinajstić information content (AvgIpc) is 0.852. The second kappa shape index (κ2) is 56.2. The molecule has 8 N–H and O–H groups in total. The number of amides is 1. The molecule has 0 aliphatic carbocycles. The fourth-order valence-electron chi connectivity index (χ4n) is 10.4. The van der Waals surface area contributed by atoms with E-state index in [0.29, 0.717) is 70.6 Å². The van der Waals surface area contributed by atoms with Gasteiger partial charge in [0.25, 0.3) is 17.0 Å². The maximum Gasteiger partial charge on any atom is 0.337 e. The van der Waals surface area contributed by atoms with Gasteiger partial charge in [-0.25, -0.2) is 9.59 Å². The van der Waals surface area contributed by atoms with E-state index in [1.54, 1.807) is 52.7 Å². The van der Waals surface area contributed by atoms with E-state index in [4.69, 9.17) is 40.0 Å². The van der Waals surface area contributed by atoms with Crippen LogP contribution < -0.4 is 22.2 Å². The van der Waals surface area contributed by atoms with E-state index < -0.39 is 11.9 Å². The normalized spacial score (nSPS) is 12.0. The van der Waals surface area contributed by atoms with Crippen LogP contribution in [0.1, 0.15) is 214 Å². The lowest BCUT2D eigenvalue weighted by Crippen LogP contribution is -2.27. The van der Waals surface area contributed by atoms with Gasteiger partial charge in [-0.3, -0.25) is 19.2 Å². The number of esters is 1. The highest BCUT2D eigenvalue weighted by molar-refractivity contribution is 14.1. The molecule has 8 aromatic rings. The van der Waals surface area contributed by atoms with Crippen LogP contribution in [0.25, 0.3) is 0 Å². The zero-order chi connectivity index (χ0) is 80.6. The summed E-state index contributed by atoms with van der Waals surface area (Å²) in [7, 11) is 8.21. The number of nitrogens with one attached hydrogen (secondary N) is 3. The monoisotopic (exact) mass is 1780 g/mol. The molecule has 0 aliphatic rings. The van der Waals surface area contributed by atoms with Crippen LogP contribution in [0, 0.1) is 32.6 Å². The third-order valence-electron chi connectivity index (χ3n) is 17.4. The first kappa shape index (κ1) is 97.9. The van der Waals surface area contributed by atoms with Gasteiger partial charge >= 0.3 is 17.9 Å². The van der Waals surface area contributed by atoms with E-state index in [9.17, 15) is 28.8 Å². The van der Waals surface area contributed by atoms with Crippen molar-refractivity contribution in [2.45, 2.75) is 156 Å². The van der Waals surface area contributed by atoms with Gasteiger partial charge in [-0.05, 0) is 225 Å². The molecule has 6 unspecified atom stereocenters. The maximum absolute atomic E-state index is 12.3. The van der Waals surface area contributed by atoms with Crippen molar-refractivity contribution in [1.82, 2.24) is 15.3 Å². The molecule has 0 saturated heterocycles. The topological polar surface area (TPSA) is 279 Å². The first-order valence-corrected chi connectivity index (χ1v) is 39.2.